The third-order valence-electron chi connectivity index (χ3n) is 5.79. The lowest BCUT2D eigenvalue weighted by atomic mass is 9.87. The topological polar surface area (TPSA) is 94.2 Å². The molecule has 0 bridgehead atoms. The summed E-state index contributed by atoms with van der Waals surface area (Å²) in [6.45, 7) is 2.54. The van der Waals surface area contributed by atoms with Gasteiger partial charge in [-0.3, -0.25) is 4.79 Å². The van der Waals surface area contributed by atoms with Crippen LogP contribution in [-0.2, 0) is 14.8 Å². The van der Waals surface area contributed by atoms with Crippen molar-refractivity contribution in [3.8, 4) is 17.2 Å². The smallest absolute Gasteiger partial charge is 0.241 e. The van der Waals surface area contributed by atoms with Gasteiger partial charge in [0.25, 0.3) is 0 Å². The fraction of sp³-hybridized carbons (Fsp3) is 0.435. The molecule has 0 unspecified atom stereocenters. The summed E-state index contributed by atoms with van der Waals surface area (Å²) in [5.41, 5.74) is 0.949. The molecule has 0 aliphatic carbocycles. The molecule has 0 spiro atoms. The molecule has 1 N–H and O–H groups in total. The summed E-state index contributed by atoms with van der Waals surface area (Å²) in [7, 11) is 0.948. The number of hydrogen-bond acceptors (Lipinski definition) is 6. The Bertz CT molecular complexity index is 1060. The van der Waals surface area contributed by atoms with Gasteiger partial charge >= 0.3 is 0 Å². The predicted octanol–water partition coefficient (Wildman–Crippen LogP) is 3.44. The van der Waals surface area contributed by atoms with E-state index in [0.717, 1.165) is 5.56 Å². The summed E-state index contributed by atoms with van der Waals surface area (Å²) in [5.74, 6) is 1.87. The van der Waals surface area contributed by atoms with Crippen molar-refractivity contribution in [2.45, 2.75) is 36.6 Å². The average Bonchev–Trinajstić information content (AvgIpc) is 2.82. The van der Waals surface area contributed by atoms with Gasteiger partial charge in [-0.25, -0.2) is 8.42 Å². The monoisotopic (exact) mass is 496 g/mol. The summed E-state index contributed by atoms with van der Waals surface area (Å²) in [6.07, 6.45) is 1.39. The third kappa shape index (κ3) is 5.72. The zero-order valence-corrected chi connectivity index (χ0v) is 20.7. The standard InChI is InChI=1S/C23H29ClN2O6S/c1-15(25-33(28,29)19-7-5-17(24)6-8-19)23(27)26-11-9-16(10-12-26)22-20(31-3)13-18(30-2)14-21(22)32-4/h5-8,13-16,25H,9-12H2,1-4H3/t15-/m0/s1. The molecule has 3 rings (SSSR count). The van der Waals surface area contributed by atoms with Crippen LogP contribution in [-0.4, -0.2) is 59.7 Å². The number of halogens is 1. The molecule has 2 aromatic rings. The molecule has 1 amide bonds. The molecular weight excluding hydrogens is 468 g/mol. The molecule has 2 aromatic carbocycles. The van der Waals surface area contributed by atoms with Crippen molar-refractivity contribution >= 4 is 27.5 Å². The van der Waals surface area contributed by atoms with Gasteiger partial charge in [-0.05, 0) is 49.9 Å². The van der Waals surface area contributed by atoms with Crippen molar-refractivity contribution in [3.05, 3.63) is 47.0 Å². The Morgan fingerprint density at radius 1 is 1.03 bits per heavy atom. The van der Waals surface area contributed by atoms with Crippen LogP contribution in [0.4, 0.5) is 0 Å². The number of carbonyl (C=O) groups excluding carboxylic acids is 1. The number of hydrogen-bond donors (Lipinski definition) is 1. The van der Waals surface area contributed by atoms with E-state index in [0.29, 0.717) is 48.2 Å². The Kier molecular flexibility index (Phi) is 8.10. The summed E-state index contributed by atoms with van der Waals surface area (Å²) in [4.78, 5) is 14.7. The van der Waals surface area contributed by atoms with Crippen LogP contribution >= 0.6 is 11.6 Å². The summed E-state index contributed by atoms with van der Waals surface area (Å²) >= 11 is 5.83. The van der Waals surface area contributed by atoms with Gasteiger partial charge in [0.2, 0.25) is 15.9 Å². The Hall–Kier alpha value is -2.49. The fourth-order valence-electron chi connectivity index (χ4n) is 4.06. The molecule has 8 nitrogen and oxygen atoms in total. The van der Waals surface area contributed by atoms with Crippen LogP contribution < -0.4 is 18.9 Å². The van der Waals surface area contributed by atoms with Crippen molar-refractivity contribution in [1.29, 1.82) is 0 Å². The summed E-state index contributed by atoms with van der Waals surface area (Å²) < 4.78 is 44.2. The number of nitrogens with one attached hydrogen (secondary N) is 1. The first kappa shape index (κ1) is 25.1. The second-order valence-electron chi connectivity index (χ2n) is 7.84. The predicted molar refractivity (Wildman–Crippen MR) is 126 cm³/mol. The van der Waals surface area contributed by atoms with E-state index >= 15 is 0 Å². The van der Waals surface area contributed by atoms with E-state index in [-0.39, 0.29) is 16.7 Å². The van der Waals surface area contributed by atoms with E-state index in [4.69, 9.17) is 25.8 Å². The maximum Gasteiger partial charge on any atom is 0.241 e. The minimum Gasteiger partial charge on any atom is -0.496 e. The number of carbonyl (C=O) groups is 1. The van der Waals surface area contributed by atoms with Crippen LogP contribution in [0.15, 0.2) is 41.3 Å². The highest BCUT2D eigenvalue weighted by Gasteiger charge is 2.31. The quantitative estimate of drug-likeness (QED) is 0.601. The first-order chi connectivity index (χ1) is 15.7. The van der Waals surface area contributed by atoms with Gasteiger partial charge < -0.3 is 19.1 Å². The van der Waals surface area contributed by atoms with Gasteiger partial charge in [-0.1, -0.05) is 11.6 Å². The van der Waals surface area contributed by atoms with Gasteiger partial charge in [0.05, 0.1) is 32.3 Å². The van der Waals surface area contributed by atoms with E-state index < -0.39 is 16.1 Å². The highest BCUT2D eigenvalue weighted by atomic mass is 35.5. The first-order valence-corrected chi connectivity index (χ1v) is 12.4. The maximum atomic E-state index is 12.9. The molecule has 1 aliphatic heterocycles. The maximum absolute atomic E-state index is 12.9. The van der Waals surface area contributed by atoms with Crippen LogP contribution in [0.5, 0.6) is 17.2 Å². The van der Waals surface area contributed by atoms with E-state index in [1.165, 1.54) is 24.3 Å². The molecule has 10 heteroatoms. The van der Waals surface area contributed by atoms with Crippen LogP contribution in [0.3, 0.4) is 0 Å². The molecule has 0 saturated carbocycles. The minimum absolute atomic E-state index is 0.0592. The Labute approximate surface area is 199 Å². The van der Waals surface area contributed by atoms with Gasteiger partial charge in [0, 0.05) is 35.8 Å². The van der Waals surface area contributed by atoms with Gasteiger partial charge in [0.15, 0.2) is 0 Å². The van der Waals surface area contributed by atoms with Crippen LogP contribution in [0.2, 0.25) is 5.02 Å². The van der Waals surface area contributed by atoms with Crippen molar-refractivity contribution < 1.29 is 27.4 Å². The van der Waals surface area contributed by atoms with Crippen LogP contribution in [0, 0.1) is 0 Å². The molecule has 33 heavy (non-hydrogen) atoms. The Balaban J connectivity index is 1.67. The van der Waals surface area contributed by atoms with Crippen molar-refractivity contribution in [2.24, 2.45) is 0 Å². The van der Waals surface area contributed by atoms with Crippen LogP contribution in [0.1, 0.15) is 31.2 Å². The second kappa shape index (κ2) is 10.6. The Morgan fingerprint density at radius 2 is 1.58 bits per heavy atom. The third-order valence-corrected chi connectivity index (χ3v) is 7.60. The first-order valence-electron chi connectivity index (χ1n) is 10.6. The number of benzene rings is 2. The van der Waals surface area contributed by atoms with E-state index in [2.05, 4.69) is 4.72 Å². The Morgan fingerprint density at radius 3 is 2.06 bits per heavy atom. The molecule has 0 aromatic heterocycles. The molecule has 180 valence electrons. The number of piperidine rings is 1. The van der Waals surface area contributed by atoms with E-state index in [1.807, 2.05) is 12.1 Å². The van der Waals surface area contributed by atoms with E-state index in [9.17, 15) is 13.2 Å². The molecular formula is C23H29ClN2O6S. The number of amides is 1. The normalized spacial score (nSPS) is 15.7. The second-order valence-corrected chi connectivity index (χ2v) is 9.99. The average molecular weight is 497 g/mol. The highest BCUT2D eigenvalue weighted by molar-refractivity contribution is 7.89. The van der Waals surface area contributed by atoms with E-state index in [1.54, 1.807) is 33.2 Å². The molecule has 1 fully saturated rings. The van der Waals surface area contributed by atoms with Gasteiger partial charge in [-0.2, -0.15) is 4.72 Å². The molecule has 1 aliphatic rings. The molecule has 1 saturated heterocycles. The fourth-order valence-corrected chi connectivity index (χ4v) is 5.39. The minimum atomic E-state index is -3.84. The lowest BCUT2D eigenvalue weighted by Crippen LogP contribution is -2.49. The number of nitrogens with zero attached hydrogens (tertiary/aromatic N) is 1. The van der Waals surface area contributed by atoms with Gasteiger partial charge in [-0.15, -0.1) is 0 Å². The largest absolute Gasteiger partial charge is 0.496 e. The number of ether oxygens (including phenoxy) is 3. The van der Waals surface area contributed by atoms with Crippen LogP contribution in [0.25, 0.3) is 0 Å². The molecule has 1 heterocycles. The number of methoxy groups -OCH3 is 3. The molecule has 0 radical (unpaired) electrons. The SMILES string of the molecule is COc1cc(OC)c(C2CCN(C(=O)[C@H](C)NS(=O)(=O)c3ccc(Cl)cc3)CC2)c(OC)c1. The molecule has 1 atom stereocenters. The van der Waals surface area contributed by atoms with Crippen molar-refractivity contribution in [2.75, 3.05) is 34.4 Å². The number of likely N-dealkylation sites (tertiary alicyclic amines) is 1. The zero-order valence-electron chi connectivity index (χ0n) is 19.1. The van der Waals surface area contributed by atoms with Crippen molar-refractivity contribution in [3.63, 3.8) is 0 Å². The highest BCUT2D eigenvalue weighted by Crippen LogP contribution is 2.43. The van der Waals surface area contributed by atoms with Crippen molar-refractivity contribution in [1.82, 2.24) is 9.62 Å². The zero-order chi connectivity index (χ0) is 24.2. The number of sulfonamides is 1. The summed E-state index contributed by atoms with van der Waals surface area (Å²) in [5, 5.41) is 0.436. The number of rotatable bonds is 8. The lowest BCUT2D eigenvalue weighted by molar-refractivity contribution is -0.133. The summed E-state index contributed by atoms with van der Waals surface area (Å²) in [6, 6.07) is 8.55. The lowest BCUT2D eigenvalue weighted by Gasteiger charge is -2.34. The van der Waals surface area contributed by atoms with Gasteiger partial charge in [0.1, 0.15) is 17.2 Å².